The van der Waals surface area contributed by atoms with Crippen molar-refractivity contribution < 1.29 is 29.4 Å². The quantitative estimate of drug-likeness (QED) is 0.449. The van der Waals surface area contributed by atoms with Crippen molar-refractivity contribution in [3.63, 3.8) is 0 Å². The number of aliphatic hydroxyl groups is 1. The van der Waals surface area contributed by atoms with Crippen molar-refractivity contribution >= 4 is 11.9 Å². The van der Waals surface area contributed by atoms with Crippen LogP contribution >= 0.6 is 0 Å². The van der Waals surface area contributed by atoms with E-state index in [1.165, 1.54) is 0 Å². The molecule has 0 rings (SSSR count). The standard InChI is InChI=1S/C7H15NO3.C3H7NO2/c1-8(2,3)5-6(9)4-7(10)11;1-4-2-3(5)6/h6,9H,4-5H2,1-3H3;4H,2H2,1H3,(H,5,6). The minimum absolute atomic E-state index is 0.0417. The van der Waals surface area contributed by atoms with Crippen molar-refractivity contribution in [2.24, 2.45) is 0 Å². The van der Waals surface area contributed by atoms with Crippen LogP contribution in [0.1, 0.15) is 6.42 Å². The summed E-state index contributed by atoms with van der Waals surface area (Å²) < 4.78 is 0.550. The van der Waals surface area contributed by atoms with Gasteiger partial charge in [0, 0.05) is 12.4 Å². The maximum Gasteiger partial charge on any atom is 0.317 e. The van der Waals surface area contributed by atoms with Crippen LogP contribution in [0.25, 0.3) is 0 Å². The summed E-state index contributed by atoms with van der Waals surface area (Å²) >= 11 is 0. The molecule has 0 radical (unpaired) electrons. The fraction of sp³-hybridized carbons (Fsp3) is 0.800. The molecular weight excluding hydrogens is 228 g/mol. The first-order valence-electron chi connectivity index (χ1n) is 5.13. The molecule has 0 spiro atoms. The molecular formula is C10H22N2O5. The molecule has 0 aromatic heterocycles. The molecule has 0 aliphatic rings. The Bertz CT molecular complexity index is 237. The summed E-state index contributed by atoms with van der Waals surface area (Å²) in [5.41, 5.74) is 0. The van der Waals surface area contributed by atoms with Gasteiger partial charge in [-0.15, -0.1) is 0 Å². The second-order valence-corrected chi connectivity index (χ2v) is 4.63. The monoisotopic (exact) mass is 250 g/mol. The highest BCUT2D eigenvalue weighted by atomic mass is 16.4. The first-order valence-corrected chi connectivity index (χ1v) is 5.13. The Morgan fingerprint density at radius 1 is 1.35 bits per heavy atom. The lowest BCUT2D eigenvalue weighted by atomic mass is 10.2. The van der Waals surface area contributed by atoms with Crippen LogP contribution in [0.3, 0.4) is 0 Å². The van der Waals surface area contributed by atoms with E-state index in [1.807, 2.05) is 21.1 Å². The Morgan fingerprint density at radius 3 is 2.00 bits per heavy atom. The van der Waals surface area contributed by atoms with Crippen LogP contribution in [-0.2, 0) is 9.59 Å². The normalized spacial score (nSPS) is 12.3. The summed E-state index contributed by atoms with van der Waals surface area (Å²) in [6.45, 7) is 0.466. The highest BCUT2D eigenvalue weighted by molar-refractivity contribution is 5.68. The summed E-state index contributed by atoms with van der Waals surface area (Å²) in [6.07, 6.45) is -1.09. The van der Waals surface area contributed by atoms with E-state index in [-0.39, 0.29) is 13.0 Å². The van der Waals surface area contributed by atoms with Crippen molar-refractivity contribution in [1.29, 1.82) is 0 Å². The number of rotatable bonds is 6. The van der Waals surface area contributed by atoms with E-state index in [4.69, 9.17) is 10.2 Å². The molecule has 0 aromatic carbocycles. The molecule has 102 valence electrons. The van der Waals surface area contributed by atoms with Crippen molar-refractivity contribution in [2.75, 3.05) is 41.3 Å². The Hall–Kier alpha value is -1.18. The largest absolute Gasteiger partial charge is 0.550 e. The van der Waals surface area contributed by atoms with Gasteiger partial charge in [0.15, 0.2) is 0 Å². The molecule has 0 fully saturated rings. The van der Waals surface area contributed by atoms with Crippen LogP contribution in [0.2, 0.25) is 0 Å². The molecule has 1 unspecified atom stereocenters. The molecule has 0 aliphatic heterocycles. The van der Waals surface area contributed by atoms with Gasteiger partial charge in [-0.05, 0) is 7.05 Å². The predicted octanol–water partition coefficient (Wildman–Crippen LogP) is -2.52. The molecule has 7 heteroatoms. The number of hydrogen-bond acceptors (Lipinski definition) is 5. The molecule has 0 bridgehead atoms. The van der Waals surface area contributed by atoms with Crippen LogP contribution < -0.4 is 10.4 Å². The summed E-state index contributed by atoms with van der Waals surface area (Å²) in [4.78, 5) is 19.6. The number of aliphatic carboxylic acids is 2. The summed E-state index contributed by atoms with van der Waals surface area (Å²) in [5, 5.41) is 29.5. The van der Waals surface area contributed by atoms with Gasteiger partial charge in [-0.1, -0.05) is 0 Å². The third kappa shape index (κ3) is 20.8. The molecule has 0 amide bonds. The van der Waals surface area contributed by atoms with E-state index in [1.54, 1.807) is 7.05 Å². The summed E-state index contributed by atoms with van der Waals surface area (Å²) in [7, 11) is 7.25. The Kier molecular flexibility index (Phi) is 9.54. The van der Waals surface area contributed by atoms with Gasteiger partial charge in [-0.3, -0.25) is 4.79 Å². The van der Waals surface area contributed by atoms with E-state index in [2.05, 4.69) is 5.32 Å². The third-order valence-corrected chi connectivity index (χ3v) is 1.49. The first-order chi connectivity index (χ1) is 7.58. The summed E-state index contributed by atoms with van der Waals surface area (Å²) in [6, 6.07) is 0. The zero-order valence-corrected chi connectivity index (χ0v) is 10.8. The highest BCUT2D eigenvalue weighted by Crippen LogP contribution is 1.97. The van der Waals surface area contributed by atoms with E-state index < -0.39 is 18.0 Å². The molecule has 17 heavy (non-hydrogen) atoms. The number of quaternary nitrogens is 1. The van der Waals surface area contributed by atoms with Crippen LogP contribution in [0.4, 0.5) is 0 Å². The molecule has 0 aliphatic carbocycles. The van der Waals surface area contributed by atoms with Crippen LogP contribution in [0, 0.1) is 0 Å². The average Bonchev–Trinajstić information content (AvgIpc) is 1.97. The number of carboxylic acids is 2. The zero-order chi connectivity index (χ0) is 14.1. The minimum atomic E-state index is -1.20. The van der Waals surface area contributed by atoms with Crippen molar-refractivity contribution in [3.05, 3.63) is 0 Å². The number of carboxylic acid groups (broad SMARTS) is 2. The first kappa shape index (κ1) is 18.2. The lowest BCUT2D eigenvalue weighted by molar-refractivity contribution is -0.873. The van der Waals surface area contributed by atoms with E-state index in [9.17, 15) is 14.7 Å². The molecule has 1 atom stereocenters. The molecule has 0 heterocycles. The molecule has 7 nitrogen and oxygen atoms in total. The topological polar surface area (TPSA) is 110 Å². The van der Waals surface area contributed by atoms with Gasteiger partial charge in [-0.2, -0.15) is 0 Å². The number of likely N-dealkylation sites (N-methyl/N-ethyl adjacent to an activating group) is 2. The Balaban J connectivity index is 0. The van der Waals surface area contributed by atoms with Gasteiger partial charge >= 0.3 is 5.97 Å². The average molecular weight is 250 g/mol. The van der Waals surface area contributed by atoms with Crippen molar-refractivity contribution in [3.8, 4) is 0 Å². The lowest BCUT2D eigenvalue weighted by Gasteiger charge is -2.26. The van der Waals surface area contributed by atoms with Crippen LogP contribution in [0.5, 0.6) is 0 Å². The second-order valence-electron chi connectivity index (χ2n) is 4.63. The Labute approximate surface area is 101 Å². The molecule has 0 saturated carbocycles. The maximum atomic E-state index is 10.0. The van der Waals surface area contributed by atoms with E-state index >= 15 is 0 Å². The van der Waals surface area contributed by atoms with Gasteiger partial charge in [0.05, 0.1) is 27.7 Å². The van der Waals surface area contributed by atoms with Crippen molar-refractivity contribution in [2.45, 2.75) is 12.5 Å². The van der Waals surface area contributed by atoms with Crippen molar-refractivity contribution in [1.82, 2.24) is 5.32 Å². The van der Waals surface area contributed by atoms with Gasteiger partial charge < -0.3 is 29.9 Å². The predicted molar refractivity (Wildman–Crippen MR) is 60.1 cm³/mol. The minimum Gasteiger partial charge on any atom is -0.550 e. The lowest BCUT2D eigenvalue weighted by Crippen LogP contribution is -2.43. The summed E-state index contributed by atoms with van der Waals surface area (Å²) in [5.74, 6) is -2.02. The third-order valence-electron chi connectivity index (χ3n) is 1.49. The number of nitrogens with one attached hydrogen (secondary N) is 1. The van der Waals surface area contributed by atoms with Gasteiger partial charge in [0.2, 0.25) is 0 Å². The smallest absolute Gasteiger partial charge is 0.317 e. The fourth-order valence-electron chi connectivity index (χ4n) is 1.04. The maximum absolute atomic E-state index is 10.0. The van der Waals surface area contributed by atoms with Gasteiger partial charge in [0.1, 0.15) is 12.6 Å². The van der Waals surface area contributed by atoms with E-state index in [0.717, 1.165) is 0 Å². The van der Waals surface area contributed by atoms with Crippen LogP contribution in [0.15, 0.2) is 0 Å². The fourth-order valence-corrected chi connectivity index (χ4v) is 1.04. The SMILES string of the molecule is CNCC(=O)O.C[N+](C)(C)CC(O)CC(=O)[O-]. The number of aliphatic hydroxyl groups excluding tert-OH is 1. The molecule has 0 aromatic rings. The van der Waals surface area contributed by atoms with E-state index in [0.29, 0.717) is 11.0 Å². The van der Waals surface area contributed by atoms with Gasteiger partial charge in [0.25, 0.3) is 0 Å². The zero-order valence-electron chi connectivity index (χ0n) is 10.8. The highest BCUT2D eigenvalue weighted by Gasteiger charge is 2.14. The number of carbonyl (C=O) groups is 2. The molecule has 0 saturated heterocycles. The second kappa shape index (κ2) is 8.91. The van der Waals surface area contributed by atoms with Gasteiger partial charge in [-0.25, -0.2) is 0 Å². The molecule has 3 N–H and O–H groups in total. The Morgan fingerprint density at radius 2 is 1.82 bits per heavy atom. The number of hydrogen-bond donors (Lipinski definition) is 3. The number of nitrogens with zero attached hydrogens (tertiary/aromatic N) is 1. The number of carbonyl (C=O) groups excluding carboxylic acids is 1. The van der Waals surface area contributed by atoms with Crippen LogP contribution in [-0.4, -0.2) is 74.0 Å².